The molecular weight excluding hydrogens is 852 g/mol. The molecule has 0 bridgehead atoms. The molecule has 5 N–H and O–H groups in total. The summed E-state index contributed by atoms with van der Waals surface area (Å²) in [5.41, 5.74) is 10.1. The molecule has 0 atom stereocenters. The number of hydrogen-bond acceptors (Lipinski definition) is 21. The third kappa shape index (κ3) is 64.5. The van der Waals surface area contributed by atoms with Crippen LogP contribution in [0.5, 0.6) is 0 Å². The van der Waals surface area contributed by atoms with E-state index in [1.165, 1.54) is 0 Å². The Bertz CT molecular complexity index is 925. The van der Waals surface area contributed by atoms with Gasteiger partial charge in [-0.15, -0.1) is 0 Å². The van der Waals surface area contributed by atoms with Crippen molar-refractivity contribution in [1.29, 1.82) is 0 Å². The van der Waals surface area contributed by atoms with Crippen LogP contribution in [0.25, 0.3) is 0 Å². The van der Waals surface area contributed by atoms with E-state index in [-0.39, 0.29) is 25.4 Å². The number of carboxylic acids is 1. The van der Waals surface area contributed by atoms with Crippen LogP contribution in [0.2, 0.25) is 0 Å². The van der Waals surface area contributed by atoms with Crippen LogP contribution in [0.3, 0.4) is 0 Å². The van der Waals surface area contributed by atoms with Crippen LogP contribution in [0, 0.1) is 0 Å². The molecule has 0 spiro atoms. The largest absolute Gasteiger partial charge is 0.481 e. The maximum atomic E-state index is 11.5. The number of carbonyl (C=O) groups excluding carboxylic acids is 1. The summed E-state index contributed by atoms with van der Waals surface area (Å²) in [4.78, 5) is 21.8. The van der Waals surface area contributed by atoms with Crippen molar-refractivity contribution < 1.29 is 95.2 Å². The number of esters is 1. The van der Waals surface area contributed by atoms with Gasteiger partial charge in [-0.2, -0.15) is 0 Å². The molecule has 0 aromatic rings. The smallest absolute Gasteiger partial charge is 0.308 e. The van der Waals surface area contributed by atoms with E-state index in [1.54, 1.807) is 0 Å². The minimum atomic E-state index is -0.870. The summed E-state index contributed by atoms with van der Waals surface area (Å²) in [5.74, 6) is -1.13. The van der Waals surface area contributed by atoms with Gasteiger partial charge in [-0.3, -0.25) is 9.59 Å². The molecule has 0 fully saturated rings. The van der Waals surface area contributed by atoms with Crippen molar-refractivity contribution in [2.24, 2.45) is 11.5 Å². The Labute approximate surface area is 381 Å². The lowest BCUT2D eigenvalue weighted by Crippen LogP contribution is -2.24. The lowest BCUT2D eigenvalue weighted by molar-refractivity contribution is -0.156. The van der Waals surface area contributed by atoms with Crippen molar-refractivity contribution in [3.63, 3.8) is 0 Å². The Kier molecular flexibility index (Phi) is 55.8. The van der Waals surface area contributed by atoms with Gasteiger partial charge in [-0.1, -0.05) is 0 Å². The standard InChI is InChI=1S/C23H47NO10.C19H39NO10/c1-23(2,3)34-22(25)4-6-26-8-10-28-12-14-30-16-18-32-20-21-33-19-17-31-15-13-29-11-9-27-7-5-24;20-2-4-24-6-8-26-10-12-28-14-16-30-18-17-29-15-13-27-11-9-25-7-5-23-3-1-19(21)22/h4-21,24H2,1-3H3;1-18,20H2,(H,21,22). The molecule has 384 valence electrons. The van der Waals surface area contributed by atoms with E-state index in [1.807, 2.05) is 20.8 Å². The highest BCUT2D eigenvalue weighted by molar-refractivity contribution is 5.69. The van der Waals surface area contributed by atoms with Gasteiger partial charge in [0, 0.05) is 13.1 Å². The van der Waals surface area contributed by atoms with Crippen molar-refractivity contribution >= 4 is 11.9 Å². The van der Waals surface area contributed by atoms with Crippen molar-refractivity contribution in [2.45, 2.75) is 39.2 Å². The number of carboxylic acid groups (broad SMARTS) is 1. The van der Waals surface area contributed by atoms with Crippen molar-refractivity contribution in [3.05, 3.63) is 0 Å². The van der Waals surface area contributed by atoms with Crippen LogP contribution in [-0.4, -0.2) is 247 Å². The third-order valence-electron chi connectivity index (χ3n) is 7.06. The number of aliphatic carboxylic acids is 1. The summed E-state index contributed by atoms with van der Waals surface area (Å²) in [6.45, 7) is 22.1. The van der Waals surface area contributed by atoms with E-state index < -0.39 is 11.6 Å². The first kappa shape index (κ1) is 64.3. The summed E-state index contributed by atoms with van der Waals surface area (Å²) in [7, 11) is 0. The topological polar surface area (TPSA) is 263 Å². The number of nitrogens with two attached hydrogens (primary N) is 2. The first-order chi connectivity index (χ1) is 31.2. The highest BCUT2D eigenvalue weighted by atomic mass is 16.6. The molecule has 0 heterocycles. The lowest BCUT2D eigenvalue weighted by Gasteiger charge is -2.19. The summed E-state index contributed by atoms with van der Waals surface area (Å²) in [6, 6.07) is 0. The number of carbonyl (C=O) groups is 2. The molecule has 0 saturated carbocycles. The van der Waals surface area contributed by atoms with E-state index in [9.17, 15) is 9.59 Å². The third-order valence-corrected chi connectivity index (χ3v) is 7.06. The molecule has 22 nitrogen and oxygen atoms in total. The van der Waals surface area contributed by atoms with Gasteiger partial charge in [0.25, 0.3) is 0 Å². The zero-order valence-corrected chi connectivity index (χ0v) is 39.3. The van der Waals surface area contributed by atoms with Crippen molar-refractivity contribution in [1.82, 2.24) is 0 Å². The number of hydrogen-bond donors (Lipinski definition) is 3. The normalized spacial score (nSPS) is 11.5. The van der Waals surface area contributed by atoms with Gasteiger partial charge in [0.15, 0.2) is 0 Å². The molecule has 22 heteroatoms. The second-order valence-electron chi connectivity index (χ2n) is 13.9. The van der Waals surface area contributed by atoms with Crippen molar-refractivity contribution in [3.8, 4) is 0 Å². The maximum absolute atomic E-state index is 11.5. The molecule has 0 rings (SSSR count). The highest BCUT2D eigenvalue weighted by Crippen LogP contribution is 2.08. The van der Waals surface area contributed by atoms with Gasteiger partial charge in [-0.25, -0.2) is 0 Å². The molecule has 0 aliphatic carbocycles. The minimum Gasteiger partial charge on any atom is -0.481 e. The molecule has 0 aliphatic heterocycles. The first-order valence-electron chi connectivity index (χ1n) is 22.3. The predicted molar refractivity (Wildman–Crippen MR) is 234 cm³/mol. The SMILES string of the molecule is CC(C)(C)OC(=O)CCOCCOCCOCCOCCOCCOCCOCCOCCN.NCCOCCOCCOCCOCCOCCOCCOCCOCCC(=O)O. The van der Waals surface area contributed by atoms with Gasteiger partial charge in [-0.05, 0) is 20.8 Å². The predicted octanol–water partition coefficient (Wildman–Crippen LogP) is 0.362. The molecule has 0 amide bonds. The summed E-state index contributed by atoms with van der Waals surface area (Å²) in [6.07, 6.45) is 0.242. The molecule has 0 aromatic heterocycles. The van der Waals surface area contributed by atoms with Crippen LogP contribution in [0.4, 0.5) is 0 Å². The van der Waals surface area contributed by atoms with E-state index >= 15 is 0 Å². The summed E-state index contributed by atoms with van der Waals surface area (Å²) in [5, 5.41) is 8.44. The van der Waals surface area contributed by atoms with E-state index in [4.69, 9.17) is 97.1 Å². The second kappa shape index (κ2) is 55.5. The van der Waals surface area contributed by atoms with Crippen LogP contribution in [0.15, 0.2) is 0 Å². The van der Waals surface area contributed by atoms with Gasteiger partial charge >= 0.3 is 11.9 Å². The molecule has 0 aliphatic rings. The Hall–Kier alpha value is -1.78. The molecular formula is C42H86N2O20. The lowest BCUT2D eigenvalue weighted by atomic mass is 10.2. The van der Waals surface area contributed by atoms with E-state index in [2.05, 4.69) is 0 Å². The Morgan fingerprint density at radius 2 is 0.484 bits per heavy atom. The zero-order valence-electron chi connectivity index (χ0n) is 39.3. The second-order valence-corrected chi connectivity index (χ2v) is 13.9. The Morgan fingerprint density at radius 1 is 0.312 bits per heavy atom. The molecule has 64 heavy (non-hydrogen) atoms. The average molecular weight is 939 g/mol. The summed E-state index contributed by atoms with van der Waals surface area (Å²) >= 11 is 0. The van der Waals surface area contributed by atoms with Crippen LogP contribution >= 0.6 is 0 Å². The minimum absolute atomic E-state index is 0.00437. The fraction of sp³-hybridized carbons (Fsp3) is 0.952. The zero-order chi connectivity index (χ0) is 47.1. The monoisotopic (exact) mass is 939 g/mol. The fourth-order valence-corrected chi connectivity index (χ4v) is 4.16. The van der Waals surface area contributed by atoms with E-state index in [0.717, 1.165) is 0 Å². The van der Waals surface area contributed by atoms with Crippen LogP contribution in [0.1, 0.15) is 33.6 Å². The van der Waals surface area contributed by atoms with Crippen LogP contribution < -0.4 is 11.5 Å². The number of ether oxygens (including phenoxy) is 17. The fourth-order valence-electron chi connectivity index (χ4n) is 4.16. The quantitative estimate of drug-likeness (QED) is 0.0549. The van der Waals surface area contributed by atoms with Crippen LogP contribution in [-0.2, 0) is 90.1 Å². The first-order valence-corrected chi connectivity index (χ1v) is 22.3. The molecule has 0 saturated heterocycles. The molecule has 0 aromatic carbocycles. The molecule has 0 radical (unpaired) electrons. The molecule has 0 unspecified atom stereocenters. The van der Waals surface area contributed by atoms with Gasteiger partial charge < -0.3 is 97.1 Å². The average Bonchev–Trinajstić information content (AvgIpc) is 3.26. The van der Waals surface area contributed by atoms with Gasteiger partial charge in [0.2, 0.25) is 0 Å². The maximum Gasteiger partial charge on any atom is 0.308 e. The van der Waals surface area contributed by atoms with E-state index in [0.29, 0.717) is 218 Å². The number of rotatable bonds is 52. The van der Waals surface area contributed by atoms with Crippen molar-refractivity contribution in [2.75, 3.05) is 225 Å². The highest BCUT2D eigenvalue weighted by Gasteiger charge is 2.15. The van der Waals surface area contributed by atoms with Gasteiger partial charge in [0.1, 0.15) is 5.60 Å². The summed E-state index contributed by atoms with van der Waals surface area (Å²) < 4.78 is 90.5. The Morgan fingerprint density at radius 3 is 0.656 bits per heavy atom. The van der Waals surface area contributed by atoms with Gasteiger partial charge in [0.05, 0.1) is 224 Å². The Balaban J connectivity index is 0.